The van der Waals surface area contributed by atoms with Gasteiger partial charge in [0.15, 0.2) is 0 Å². The van der Waals surface area contributed by atoms with E-state index < -0.39 is 0 Å². The summed E-state index contributed by atoms with van der Waals surface area (Å²) in [5.41, 5.74) is 4.21. The van der Waals surface area contributed by atoms with E-state index in [1.54, 1.807) is 18.2 Å². The highest BCUT2D eigenvalue weighted by atomic mass is 19.1. The first-order valence-electron chi connectivity index (χ1n) is 10.5. The first kappa shape index (κ1) is 22.4. The fraction of sp³-hybridized carbons (Fsp3) is 0.222. The molecule has 0 radical (unpaired) electrons. The Hall–Kier alpha value is -3.24. The van der Waals surface area contributed by atoms with Crippen molar-refractivity contribution in [3.63, 3.8) is 0 Å². The maximum absolute atomic E-state index is 14.5. The number of halogens is 1. The minimum Gasteiger partial charge on any atom is -0.489 e. The number of aliphatic hydroxyl groups excluding tert-OH is 1. The molecule has 31 heavy (non-hydrogen) atoms. The van der Waals surface area contributed by atoms with Crippen LogP contribution in [0.2, 0.25) is 0 Å². The summed E-state index contributed by atoms with van der Waals surface area (Å²) in [6, 6.07) is 16.6. The van der Waals surface area contributed by atoms with Crippen LogP contribution in [0.5, 0.6) is 5.75 Å². The number of allylic oxidation sites excluding steroid dienone is 1. The van der Waals surface area contributed by atoms with Crippen LogP contribution in [0.1, 0.15) is 31.7 Å². The molecule has 0 spiro atoms. The normalized spacial score (nSPS) is 12.1. The zero-order valence-electron chi connectivity index (χ0n) is 17.8. The highest BCUT2D eigenvalue weighted by molar-refractivity contribution is 5.70. The average Bonchev–Trinajstić information content (AvgIpc) is 2.78. The highest BCUT2D eigenvalue weighted by Gasteiger charge is 2.08. The molecule has 160 valence electrons. The first-order valence-corrected chi connectivity index (χ1v) is 10.5. The number of pyridine rings is 1. The van der Waals surface area contributed by atoms with E-state index in [0.717, 1.165) is 41.6 Å². The molecule has 0 aliphatic rings. The Morgan fingerprint density at radius 3 is 2.52 bits per heavy atom. The smallest absolute Gasteiger partial charge is 0.134 e. The molecule has 0 aliphatic carbocycles. The minimum atomic E-state index is -0.322. The average molecular weight is 418 g/mol. The third-order valence-corrected chi connectivity index (χ3v) is 4.89. The van der Waals surface area contributed by atoms with E-state index in [0.29, 0.717) is 17.9 Å². The van der Waals surface area contributed by atoms with E-state index in [2.05, 4.69) is 17.6 Å². The lowest BCUT2D eigenvalue weighted by Gasteiger charge is -2.08. The molecule has 0 fully saturated rings. The van der Waals surface area contributed by atoms with Crippen LogP contribution in [0, 0.1) is 5.82 Å². The Balaban J connectivity index is 1.65. The van der Waals surface area contributed by atoms with Gasteiger partial charge in [0.1, 0.15) is 18.2 Å². The summed E-state index contributed by atoms with van der Waals surface area (Å²) in [5, 5.41) is 9.28. The Morgan fingerprint density at radius 1 is 1.10 bits per heavy atom. The van der Waals surface area contributed by atoms with Crippen LogP contribution in [0.3, 0.4) is 0 Å². The molecule has 0 aliphatic heterocycles. The van der Waals surface area contributed by atoms with E-state index in [1.807, 2.05) is 55.6 Å². The predicted octanol–water partition coefficient (Wildman–Crippen LogP) is 6.68. The van der Waals surface area contributed by atoms with Crippen LogP contribution in [-0.2, 0) is 0 Å². The number of aromatic nitrogens is 1. The second kappa shape index (κ2) is 11.2. The fourth-order valence-corrected chi connectivity index (χ4v) is 3.22. The summed E-state index contributed by atoms with van der Waals surface area (Å²) in [5.74, 6) is 0.163. The van der Waals surface area contributed by atoms with Gasteiger partial charge in [0, 0.05) is 23.4 Å². The molecule has 1 unspecified atom stereocenters. The third-order valence-electron chi connectivity index (χ3n) is 4.89. The van der Waals surface area contributed by atoms with Crippen molar-refractivity contribution in [1.29, 1.82) is 0 Å². The molecule has 3 nitrogen and oxygen atoms in total. The number of unbranched alkanes of at least 4 members (excludes halogenated alkanes) is 1. The summed E-state index contributed by atoms with van der Waals surface area (Å²) in [7, 11) is 0. The van der Waals surface area contributed by atoms with E-state index in [4.69, 9.17) is 4.74 Å². The zero-order valence-corrected chi connectivity index (χ0v) is 17.8. The van der Waals surface area contributed by atoms with E-state index in [1.165, 1.54) is 6.07 Å². The quantitative estimate of drug-likeness (QED) is 0.295. The van der Waals surface area contributed by atoms with Gasteiger partial charge in [0.05, 0.1) is 11.8 Å². The molecule has 4 heteroatoms. The van der Waals surface area contributed by atoms with Crippen molar-refractivity contribution in [3.05, 3.63) is 90.9 Å². The van der Waals surface area contributed by atoms with E-state index >= 15 is 0 Å². The first-order chi connectivity index (χ1) is 15.1. The summed E-state index contributed by atoms with van der Waals surface area (Å²) in [6.07, 6.45) is 10.1. The van der Waals surface area contributed by atoms with Crippen LogP contribution in [-0.4, -0.2) is 22.8 Å². The molecule has 3 rings (SSSR count). The molecule has 1 N–H and O–H groups in total. The SMILES string of the molecule is C=CCOc1ccc(-c2ccc(-c3ccc(/C=C/CCCC(C)O)cn3)cc2)c(F)c1. The van der Waals surface area contributed by atoms with Crippen LogP contribution in [0.4, 0.5) is 4.39 Å². The van der Waals surface area contributed by atoms with Crippen molar-refractivity contribution in [2.75, 3.05) is 6.61 Å². The second-order valence-electron chi connectivity index (χ2n) is 7.48. The Kier molecular flexibility index (Phi) is 8.13. The zero-order chi connectivity index (χ0) is 22.1. The van der Waals surface area contributed by atoms with Gasteiger partial charge in [-0.3, -0.25) is 4.98 Å². The van der Waals surface area contributed by atoms with Gasteiger partial charge in [-0.1, -0.05) is 55.1 Å². The molecule has 0 saturated carbocycles. The number of hydrogen-bond donors (Lipinski definition) is 1. The van der Waals surface area contributed by atoms with Crippen molar-refractivity contribution in [2.45, 2.75) is 32.3 Å². The summed E-state index contributed by atoms with van der Waals surface area (Å²) >= 11 is 0. The molecule has 1 atom stereocenters. The second-order valence-corrected chi connectivity index (χ2v) is 7.48. The maximum Gasteiger partial charge on any atom is 0.134 e. The lowest BCUT2D eigenvalue weighted by Crippen LogP contribution is -1.97. The molecule has 1 heterocycles. The topological polar surface area (TPSA) is 42.4 Å². The largest absolute Gasteiger partial charge is 0.489 e. The minimum absolute atomic E-state index is 0.243. The Bertz CT molecular complexity index is 1010. The van der Waals surface area contributed by atoms with Crippen LogP contribution in [0.15, 0.2) is 79.5 Å². The maximum atomic E-state index is 14.5. The van der Waals surface area contributed by atoms with Gasteiger partial charge in [-0.25, -0.2) is 4.39 Å². The Labute approximate surface area is 183 Å². The number of hydrogen-bond acceptors (Lipinski definition) is 3. The molecule has 2 aromatic carbocycles. The molecule has 0 bridgehead atoms. The molecule has 1 aromatic heterocycles. The summed E-state index contributed by atoms with van der Waals surface area (Å²) in [4.78, 5) is 4.55. The van der Waals surface area contributed by atoms with E-state index in [-0.39, 0.29) is 11.9 Å². The van der Waals surface area contributed by atoms with E-state index in [9.17, 15) is 9.50 Å². The number of ether oxygens (including phenoxy) is 1. The fourth-order valence-electron chi connectivity index (χ4n) is 3.22. The van der Waals surface area contributed by atoms with Crippen LogP contribution in [0.25, 0.3) is 28.5 Å². The lowest BCUT2D eigenvalue weighted by atomic mass is 10.0. The van der Waals surface area contributed by atoms with Crippen molar-refractivity contribution in [3.8, 4) is 28.1 Å². The van der Waals surface area contributed by atoms with Gasteiger partial charge < -0.3 is 9.84 Å². The van der Waals surface area contributed by atoms with Crippen molar-refractivity contribution >= 4 is 6.08 Å². The van der Waals surface area contributed by atoms with Crippen LogP contribution >= 0.6 is 0 Å². The summed E-state index contributed by atoms with van der Waals surface area (Å²) < 4.78 is 19.9. The van der Waals surface area contributed by atoms with Crippen LogP contribution < -0.4 is 4.74 Å². The van der Waals surface area contributed by atoms with Crippen molar-refractivity contribution in [1.82, 2.24) is 4.98 Å². The number of benzene rings is 2. The van der Waals surface area contributed by atoms with Gasteiger partial charge in [0.2, 0.25) is 0 Å². The lowest BCUT2D eigenvalue weighted by molar-refractivity contribution is 0.182. The van der Waals surface area contributed by atoms with Gasteiger partial charge in [-0.05, 0) is 55.5 Å². The van der Waals surface area contributed by atoms with Crippen molar-refractivity contribution < 1.29 is 14.2 Å². The molecule has 3 aromatic rings. The van der Waals surface area contributed by atoms with Crippen molar-refractivity contribution in [2.24, 2.45) is 0 Å². The Morgan fingerprint density at radius 2 is 1.87 bits per heavy atom. The molecule has 0 amide bonds. The number of rotatable bonds is 10. The highest BCUT2D eigenvalue weighted by Crippen LogP contribution is 2.28. The molecular formula is C27H28FNO2. The van der Waals surface area contributed by atoms with Gasteiger partial charge in [0.25, 0.3) is 0 Å². The summed E-state index contributed by atoms with van der Waals surface area (Å²) in [6.45, 7) is 5.75. The third kappa shape index (κ3) is 6.63. The number of aliphatic hydroxyl groups is 1. The number of nitrogens with zero attached hydrogens (tertiary/aromatic N) is 1. The van der Waals surface area contributed by atoms with Gasteiger partial charge in [-0.15, -0.1) is 0 Å². The standard InChI is InChI=1S/C27H28FNO2/c1-3-17-31-24-14-15-25(26(28)18-24)22-10-12-23(13-11-22)27-16-9-21(19-29-27)8-6-4-5-7-20(2)30/h3,6,8-16,18-20,30H,1,4-5,7,17H2,2H3/b8-6+. The predicted molar refractivity (Wildman–Crippen MR) is 125 cm³/mol. The monoisotopic (exact) mass is 417 g/mol. The van der Waals surface area contributed by atoms with Gasteiger partial charge >= 0.3 is 0 Å². The van der Waals surface area contributed by atoms with Gasteiger partial charge in [-0.2, -0.15) is 0 Å². The molecule has 0 saturated heterocycles. The molecular weight excluding hydrogens is 389 g/mol.